The predicted octanol–water partition coefficient (Wildman–Crippen LogP) is 0.980. The summed E-state index contributed by atoms with van der Waals surface area (Å²) in [7, 11) is -3.03. The lowest BCUT2D eigenvalue weighted by atomic mass is 10.3. The van der Waals surface area contributed by atoms with Gasteiger partial charge < -0.3 is 10.5 Å². The van der Waals surface area contributed by atoms with Crippen LogP contribution in [0.1, 0.15) is 13.8 Å². The number of nitrogen functional groups attached to an aromatic ring is 1. The van der Waals surface area contributed by atoms with Crippen molar-refractivity contribution >= 4 is 21.7 Å². The number of sulfonamides is 1. The van der Waals surface area contributed by atoms with Crippen molar-refractivity contribution < 1.29 is 22.3 Å². The molecule has 0 atom stereocenters. The predicted molar refractivity (Wildman–Crippen MR) is 71.9 cm³/mol. The molecule has 0 spiro atoms. The number of carbonyl (C=O) groups excluding carboxylic acids is 1. The number of hydrogen-bond acceptors (Lipinski definition) is 5. The SMILES string of the molecule is COC(=O)CN(C(C)C)S(=O)(=O)c1cc(N)ccc1F. The van der Waals surface area contributed by atoms with E-state index in [0.29, 0.717) is 0 Å². The van der Waals surface area contributed by atoms with E-state index in [-0.39, 0.29) is 5.69 Å². The van der Waals surface area contributed by atoms with Crippen molar-refractivity contribution in [2.75, 3.05) is 19.4 Å². The third kappa shape index (κ3) is 3.45. The maximum Gasteiger partial charge on any atom is 0.321 e. The fraction of sp³-hybridized carbons (Fsp3) is 0.417. The second kappa shape index (κ2) is 6.19. The Morgan fingerprint density at radius 3 is 2.55 bits per heavy atom. The normalized spacial score (nSPS) is 11.9. The van der Waals surface area contributed by atoms with Crippen LogP contribution in [0.5, 0.6) is 0 Å². The van der Waals surface area contributed by atoms with Gasteiger partial charge in [0.05, 0.1) is 7.11 Å². The van der Waals surface area contributed by atoms with E-state index in [1.54, 1.807) is 13.8 Å². The topological polar surface area (TPSA) is 89.7 Å². The average Bonchev–Trinajstić information content (AvgIpc) is 2.37. The molecular formula is C12H17FN2O4S. The van der Waals surface area contributed by atoms with E-state index >= 15 is 0 Å². The summed E-state index contributed by atoms with van der Waals surface area (Å²) >= 11 is 0. The molecule has 0 bridgehead atoms. The lowest BCUT2D eigenvalue weighted by Crippen LogP contribution is -2.41. The number of hydrogen-bond donors (Lipinski definition) is 1. The van der Waals surface area contributed by atoms with Gasteiger partial charge in [-0.2, -0.15) is 4.31 Å². The molecule has 8 heteroatoms. The van der Waals surface area contributed by atoms with Gasteiger partial charge in [0.25, 0.3) is 0 Å². The molecule has 2 N–H and O–H groups in total. The summed E-state index contributed by atoms with van der Waals surface area (Å²) in [6, 6.07) is 2.71. The minimum atomic E-state index is -4.18. The largest absolute Gasteiger partial charge is 0.468 e. The number of benzene rings is 1. The van der Waals surface area contributed by atoms with E-state index in [1.807, 2.05) is 0 Å². The molecule has 0 aliphatic rings. The molecule has 20 heavy (non-hydrogen) atoms. The van der Waals surface area contributed by atoms with Crippen molar-refractivity contribution in [2.24, 2.45) is 0 Å². The molecule has 0 aromatic heterocycles. The minimum Gasteiger partial charge on any atom is -0.468 e. The zero-order valence-corrected chi connectivity index (χ0v) is 12.3. The highest BCUT2D eigenvalue weighted by molar-refractivity contribution is 7.89. The number of carbonyl (C=O) groups is 1. The van der Waals surface area contributed by atoms with E-state index in [4.69, 9.17) is 5.73 Å². The second-order valence-corrected chi connectivity index (χ2v) is 6.27. The molecule has 1 aromatic carbocycles. The number of nitrogens with two attached hydrogens (primary N) is 1. The molecule has 0 unspecified atom stereocenters. The quantitative estimate of drug-likeness (QED) is 0.647. The summed E-state index contributed by atoms with van der Waals surface area (Å²) in [5.41, 5.74) is 5.60. The van der Waals surface area contributed by atoms with Gasteiger partial charge in [-0.25, -0.2) is 12.8 Å². The van der Waals surface area contributed by atoms with Gasteiger partial charge in [0.1, 0.15) is 17.3 Å². The van der Waals surface area contributed by atoms with Crippen LogP contribution in [0.3, 0.4) is 0 Å². The first-order valence-electron chi connectivity index (χ1n) is 5.83. The van der Waals surface area contributed by atoms with E-state index in [1.165, 1.54) is 6.07 Å². The first-order chi connectivity index (χ1) is 9.20. The summed E-state index contributed by atoms with van der Waals surface area (Å²) in [4.78, 5) is 10.7. The van der Waals surface area contributed by atoms with E-state index in [9.17, 15) is 17.6 Å². The lowest BCUT2D eigenvalue weighted by Gasteiger charge is -2.25. The highest BCUT2D eigenvalue weighted by Gasteiger charge is 2.31. The first-order valence-corrected chi connectivity index (χ1v) is 7.27. The van der Waals surface area contributed by atoms with Crippen molar-refractivity contribution in [2.45, 2.75) is 24.8 Å². The van der Waals surface area contributed by atoms with Gasteiger partial charge in [-0.05, 0) is 32.0 Å². The van der Waals surface area contributed by atoms with Crippen LogP contribution >= 0.6 is 0 Å². The number of ether oxygens (including phenoxy) is 1. The maximum atomic E-state index is 13.7. The Labute approximate surface area is 117 Å². The van der Waals surface area contributed by atoms with E-state index in [0.717, 1.165) is 23.5 Å². The van der Waals surface area contributed by atoms with Crippen LogP contribution in [0.4, 0.5) is 10.1 Å². The summed E-state index contributed by atoms with van der Waals surface area (Å²) in [6.45, 7) is 2.65. The second-order valence-electron chi connectivity index (χ2n) is 4.41. The molecule has 0 aliphatic carbocycles. The lowest BCUT2D eigenvalue weighted by molar-refractivity contribution is -0.141. The molecule has 0 aliphatic heterocycles. The molecule has 0 amide bonds. The summed E-state index contributed by atoms with van der Waals surface area (Å²) < 4.78 is 43.9. The molecule has 112 valence electrons. The summed E-state index contributed by atoms with van der Waals surface area (Å²) in [5, 5.41) is 0. The van der Waals surface area contributed by atoms with E-state index in [2.05, 4.69) is 4.74 Å². The molecule has 6 nitrogen and oxygen atoms in total. The Morgan fingerprint density at radius 1 is 1.45 bits per heavy atom. The fourth-order valence-corrected chi connectivity index (χ4v) is 3.26. The smallest absolute Gasteiger partial charge is 0.321 e. The zero-order chi connectivity index (χ0) is 15.5. The molecule has 0 fully saturated rings. The van der Waals surface area contributed by atoms with Crippen LogP contribution in [0.2, 0.25) is 0 Å². The molecule has 0 radical (unpaired) electrons. The maximum absolute atomic E-state index is 13.7. The Kier molecular flexibility index (Phi) is 5.07. The summed E-state index contributed by atoms with van der Waals surface area (Å²) in [5.74, 6) is -1.65. The number of nitrogens with zero attached hydrogens (tertiary/aromatic N) is 1. The van der Waals surface area contributed by atoms with Crippen LogP contribution in [0.15, 0.2) is 23.1 Å². The van der Waals surface area contributed by atoms with Crippen molar-refractivity contribution in [1.29, 1.82) is 0 Å². The molecule has 0 saturated heterocycles. The van der Waals surface area contributed by atoms with Gasteiger partial charge >= 0.3 is 5.97 Å². The Balaban J connectivity index is 3.30. The van der Waals surface area contributed by atoms with Gasteiger partial charge in [-0.15, -0.1) is 0 Å². The average molecular weight is 304 g/mol. The Bertz CT molecular complexity index is 601. The van der Waals surface area contributed by atoms with Crippen molar-refractivity contribution in [3.63, 3.8) is 0 Å². The molecular weight excluding hydrogens is 287 g/mol. The zero-order valence-electron chi connectivity index (χ0n) is 11.5. The molecule has 0 saturated carbocycles. The van der Waals surface area contributed by atoms with Gasteiger partial charge in [0.15, 0.2) is 0 Å². The number of rotatable bonds is 5. The first kappa shape index (κ1) is 16.4. The summed E-state index contributed by atoms with van der Waals surface area (Å²) in [6.07, 6.45) is 0. The number of esters is 1. The van der Waals surface area contributed by atoms with Crippen LogP contribution in [0, 0.1) is 5.82 Å². The van der Waals surface area contributed by atoms with Crippen LogP contribution in [0.25, 0.3) is 0 Å². The van der Waals surface area contributed by atoms with Crippen LogP contribution in [-0.4, -0.2) is 38.4 Å². The molecule has 1 rings (SSSR count). The Morgan fingerprint density at radius 2 is 2.05 bits per heavy atom. The van der Waals surface area contributed by atoms with Crippen molar-refractivity contribution in [3.05, 3.63) is 24.0 Å². The third-order valence-electron chi connectivity index (χ3n) is 2.63. The number of anilines is 1. The van der Waals surface area contributed by atoms with E-state index < -0.39 is 39.3 Å². The number of methoxy groups -OCH3 is 1. The molecule has 1 aromatic rings. The van der Waals surface area contributed by atoms with Crippen molar-refractivity contribution in [3.8, 4) is 0 Å². The monoisotopic (exact) mass is 304 g/mol. The van der Waals surface area contributed by atoms with Crippen molar-refractivity contribution in [1.82, 2.24) is 4.31 Å². The fourth-order valence-electron chi connectivity index (χ4n) is 1.58. The van der Waals surface area contributed by atoms with Gasteiger partial charge in [0.2, 0.25) is 10.0 Å². The Hall–Kier alpha value is -1.67. The molecule has 0 heterocycles. The highest BCUT2D eigenvalue weighted by Crippen LogP contribution is 2.23. The van der Waals surface area contributed by atoms with Gasteiger partial charge in [0, 0.05) is 11.7 Å². The van der Waals surface area contributed by atoms with Crippen LogP contribution in [-0.2, 0) is 19.6 Å². The standard InChI is InChI=1S/C12H17FN2O4S/c1-8(2)15(7-12(16)19-3)20(17,18)11-6-9(14)4-5-10(11)13/h4-6,8H,7,14H2,1-3H3. The minimum absolute atomic E-state index is 0.117. The van der Waals surface area contributed by atoms with Gasteiger partial charge in [-0.3, -0.25) is 4.79 Å². The highest BCUT2D eigenvalue weighted by atomic mass is 32.2. The number of halogens is 1. The third-order valence-corrected chi connectivity index (χ3v) is 4.67. The van der Waals surface area contributed by atoms with Gasteiger partial charge in [-0.1, -0.05) is 0 Å². The van der Waals surface area contributed by atoms with Crippen LogP contribution < -0.4 is 5.73 Å².